The number of hydrogen-bond acceptors (Lipinski definition) is 3. The van der Waals surface area contributed by atoms with Gasteiger partial charge in [0.2, 0.25) is 0 Å². The monoisotopic (exact) mass is 361 g/mol. The normalized spacial score (nSPS) is 11.6. The number of benzene rings is 2. The number of rotatable bonds is 3. The summed E-state index contributed by atoms with van der Waals surface area (Å²) in [6.45, 7) is 0. The highest BCUT2D eigenvalue weighted by Gasteiger charge is 2.22. The summed E-state index contributed by atoms with van der Waals surface area (Å²) in [6, 6.07) is 7.42. The Morgan fingerprint density at radius 3 is 2.25 bits per heavy atom. The summed E-state index contributed by atoms with van der Waals surface area (Å²) in [7, 11) is -3.93. The highest BCUT2D eigenvalue weighted by molar-refractivity contribution is 9.10. The van der Waals surface area contributed by atoms with Crippen LogP contribution in [0.4, 0.5) is 14.5 Å². The molecule has 0 aliphatic carbocycles. The Morgan fingerprint density at radius 1 is 1.10 bits per heavy atom. The van der Waals surface area contributed by atoms with Gasteiger partial charge in [0.15, 0.2) is 9.84 Å². The maximum Gasteiger partial charge on any atom is 0.184 e. The quantitative estimate of drug-likeness (QED) is 0.853. The number of anilines is 1. The smallest absolute Gasteiger partial charge is 0.184 e. The van der Waals surface area contributed by atoms with E-state index in [9.17, 15) is 17.2 Å². The van der Waals surface area contributed by atoms with Crippen molar-refractivity contribution < 1.29 is 17.2 Å². The van der Waals surface area contributed by atoms with Gasteiger partial charge >= 0.3 is 0 Å². The van der Waals surface area contributed by atoms with Crippen LogP contribution in [0, 0.1) is 11.6 Å². The molecule has 20 heavy (non-hydrogen) atoms. The molecule has 106 valence electrons. The van der Waals surface area contributed by atoms with E-state index in [1.165, 1.54) is 24.3 Å². The highest BCUT2D eigenvalue weighted by Crippen LogP contribution is 2.27. The molecule has 3 nitrogen and oxygen atoms in total. The number of nitrogens with two attached hydrogens (primary N) is 1. The molecule has 0 radical (unpaired) electrons. The van der Waals surface area contributed by atoms with Crippen molar-refractivity contribution in [1.29, 1.82) is 0 Å². The van der Waals surface area contributed by atoms with Crippen LogP contribution < -0.4 is 5.73 Å². The first-order valence-electron chi connectivity index (χ1n) is 5.52. The lowest BCUT2D eigenvalue weighted by molar-refractivity contribution is 0.556. The van der Waals surface area contributed by atoms with Crippen molar-refractivity contribution >= 4 is 31.5 Å². The fraction of sp³-hybridized carbons (Fsp3) is 0.0769. The van der Waals surface area contributed by atoms with Gasteiger partial charge < -0.3 is 5.73 Å². The number of sulfone groups is 1. The van der Waals surface area contributed by atoms with Crippen LogP contribution in [0.2, 0.25) is 0 Å². The summed E-state index contributed by atoms with van der Waals surface area (Å²) in [5, 5.41) is 0. The molecule has 0 aliphatic rings. The Bertz CT molecular complexity index is 743. The molecule has 0 saturated heterocycles. The van der Waals surface area contributed by atoms with Crippen molar-refractivity contribution in [3.05, 3.63) is 58.1 Å². The minimum atomic E-state index is -3.93. The Kier molecular flexibility index (Phi) is 4.10. The standard InChI is InChI=1S/C13H10BrF2NO2S/c14-8-4-5-13(12(17)6-8)20(18,19)7-9-10(15)2-1-3-11(9)16/h1-6H,7,17H2. The maximum absolute atomic E-state index is 13.5. The van der Waals surface area contributed by atoms with E-state index in [0.29, 0.717) is 4.47 Å². The molecule has 0 amide bonds. The molecule has 2 aromatic rings. The predicted molar refractivity (Wildman–Crippen MR) is 75.8 cm³/mol. The van der Waals surface area contributed by atoms with Crippen molar-refractivity contribution in [1.82, 2.24) is 0 Å². The molecule has 0 spiro atoms. The highest BCUT2D eigenvalue weighted by atomic mass is 79.9. The summed E-state index contributed by atoms with van der Waals surface area (Å²) < 4.78 is 52.1. The van der Waals surface area contributed by atoms with E-state index in [-0.39, 0.29) is 10.6 Å². The van der Waals surface area contributed by atoms with Gasteiger partial charge in [-0.15, -0.1) is 0 Å². The van der Waals surface area contributed by atoms with Crippen molar-refractivity contribution in [2.75, 3.05) is 5.73 Å². The van der Waals surface area contributed by atoms with Crippen LogP contribution in [-0.4, -0.2) is 8.42 Å². The second-order valence-electron chi connectivity index (χ2n) is 4.14. The van der Waals surface area contributed by atoms with Crippen molar-refractivity contribution in [2.45, 2.75) is 10.6 Å². The first-order valence-corrected chi connectivity index (χ1v) is 7.96. The van der Waals surface area contributed by atoms with Crippen LogP contribution >= 0.6 is 15.9 Å². The molecule has 2 N–H and O–H groups in total. The molecular formula is C13H10BrF2NO2S. The third kappa shape index (κ3) is 2.99. The van der Waals surface area contributed by atoms with Crippen molar-refractivity contribution in [3.63, 3.8) is 0 Å². The molecule has 0 aromatic heterocycles. The Balaban J connectivity index is 2.46. The molecule has 0 fully saturated rings. The maximum atomic E-state index is 13.5. The molecule has 0 atom stereocenters. The van der Waals surface area contributed by atoms with Crippen LogP contribution in [0.1, 0.15) is 5.56 Å². The number of nitrogen functional groups attached to an aromatic ring is 1. The van der Waals surface area contributed by atoms with Crippen LogP contribution in [0.25, 0.3) is 0 Å². The van der Waals surface area contributed by atoms with Gasteiger partial charge in [0.1, 0.15) is 11.6 Å². The summed E-state index contributed by atoms with van der Waals surface area (Å²) >= 11 is 3.16. The lowest BCUT2D eigenvalue weighted by Crippen LogP contribution is -2.10. The average Bonchev–Trinajstić information content (AvgIpc) is 2.33. The fourth-order valence-electron chi connectivity index (χ4n) is 1.74. The predicted octanol–water partition coefficient (Wildman–Crippen LogP) is 3.28. The van der Waals surface area contributed by atoms with E-state index in [0.717, 1.165) is 12.1 Å². The SMILES string of the molecule is Nc1cc(Br)ccc1S(=O)(=O)Cc1c(F)cccc1F. The van der Waals surface area contributed by atoms with Crippen LogP contribution in [-0.2, 0) is 15.6 Å². The summed E-state index contributed by atoms with van der Waals surface area (Å²) in [5.74, 6) is -2.58. The second kappa shape index (κ2) is 5.49. The zero-order chi connectivity index (χ0) is 14.9. The van der Waals surface area contributed by atoms with Gasteiger partial charge in [-0.1, -0.05) is 22.0 Å². The number of hydrogen-bond donors (Lipinski definition) is 1. The van der Waals surface area contributed by atoms with E-state index in [1.807, 2.05) is 0 Å². The van der Waals surface area contributed by atoms with Gasteiger partial charge in [-0.2, -0.15) is 0 Å². The van der Waals surface area contributed by atoms with E-state index >= 15 is 0 Å². The molecule has 2 rings (SSSR count). The minimum absolute atomic E-state index is 0.0242. The fourth-order valence-corrected chi connectivity index (χ4v) is 3.62. The Hall–Kier alpha value is -1.47. The van der Waals surface area contributed by atoms with Crippen LogP contribution in [0.5, 0.6) is 0 Å². The molecule has 0 aliphatic heterocycles. The molecule has 2 aromatic carbocycles. The van der Waals surface area contributed by atoms with Gasteiger partial charge in [0.25, 0.3) is 0 Å². The molecule has 0 unspecified atom stereocenters. The molecular weight excluding hydrogens is 352 g/mol. The van der Waals surface area contributed by atoms with Crippen molar-refractivity contribution in [3.8, 4) is 0 Å². The zero-order valence-electron chi connectivity index (χ0n) is 10.1. The lowest BCUT2D eigenvalue weighted by atomic mass is 10.2. The van der Waals surface area contributed by atoms with Gasteiger partial charge in [-0.3, -0.25) is 0 Å². The largest absolute Gasteiger partial charge is 0.398 e. The Labute approximate surface area is 123 Å². The molecule has 0 bridgehead atoms. The third-order valence-corrected chi connectivity index (χ3v) is 4.91. The molecule has 7 heteroatoms. The second-order valence-corrected chi connectivity index (χ2v) is 7.02. The molecule has 0 heterocycles. The molecule has 0 saturated carbocycles. The van der Waals surface area contributed by atoms with Gasteiger partial charge in [-0.25, -0.2) is 17.2 Å². The summed E-state index contributed by atoms with van der Waals surface area (Å²) in [5.41, 5.74) is 5.17. The van der Waals surface area contributed by atoms with Gasteiger partial charge in [-0.05, 0) is 30.3 Å². The third-order valence-electron chi connectivity index (χ3n) is 2.70. The summed E-state index contributed by atoms with van der Waals surface area (Å²) in [4.78, 5) is -0.150. The van der Waals surface area contributed by atoms with Gasteiger partial charge in [0.05, 0.1) is 16.3 Å². The topological polar surface area (TPSA) is 60.2 Å². The first kappa shape index (κ1) is 14.9. The van der Waals surface area contributed by atoms with E-state index in [4.69, 9.17) is 5.73 Å². The van der Waals surface area contributed by atoms with Crippen molar-refractivity contribution in [2.24, 2.45) is 0 Å². The first-order chi connectivity index (χ1) is 9.31. The average molecular weight is 362 g/mol. The van der Waals surface area contributed by atoms with E-state index < -0.39 is 32.8 Å². The van der Waals surface area contributed by atoms with Gasteiger partial charge in [0, 0.05) is 10.0 Å². The Morgan fingerprint density at radius 2 is 1.70 bits per heavy atom. The minimum Gasteiger partial charge on any atom is -0.398 e. The number of halogens is 3. The lowest BCUT2D eigenvalue weighted by Gasteiger charge is -2.09. The zero-order valence-corrected chi connectivity index (χ0v) is 12.5. The summed E-state index contributed by atoms with van der Waals surface area (Å²) in [6.07, 6.45) is 0. The van der Waals surface area contributed by atoms with Crippen LogP contribution in [0.15, 0.2) is 45.8 Å². The van der Waals surface area contributed by atoms with E-state index in [1.54, 1.807) is 0 Å². The van der Waals surface area contributed by atoms with E-state index in [2.05, 4.69) is 15.9 Å². The van der Waals surface area contributed by atoms with Crippen LogP contribution in [0.3, 0.4) is 0 Å².